The highest BCUT2D eigenvalue weighted by Gasteiger charge is 2.05. The first kappa shape index (κ1) is 14.7. The number of hydrogen-bond donors (Lipinski definition) is 1. The van der Waals surface area contributed by atoms with Crippen LogP contribution in [0.5, 0.6) is 0 Å². The van der Waals surface area contributed by atoms with Crippen molar-refractivity contribution in [2.45, 2.75) is 25.7 Å². The average Bonchev–Trinajstić information content (AvgIpc) is 2.34. The zero-order valence-electron chi connectivity index (χ0n) is 9.59. The van der Waals surface area contributed by atoms with E-state index in [0.29, 0.717) is 17.3 Å². The normalized spacial score (nSPS) is 10.2. The highest BCUT2D eigenvalue weighted by molar-refractivity contribution is 14.1. The van der Waals surface area contributed by atoms with Crippen molar-refractivity contribution in [2.75, 3.05) is 11.0 Å². The molecule has 0 atom stereocenters. The lowest BCUT2D eigenvalue weighted by molar-refractivity contribution is 0.0948. The van der Waals surface area contributed by atoms with E-state index in [1.807, 2.05) is 0 Å². The molecule has 0 fully saturated rings. The number of carbonyl (C=O) groups is 1. The largest absolute Gasteiger partial charge is 0.351 e. The Hall–Kier alpha value is -0.360. The van der Waals surface area contributed by atoms with Crippen molar-refractivity contribution in [1.82, 2.24) is 10.3 Å². The first-order chi connectivity index (χ1) is 8.24. The number of nitrogens with zero attached hydrogens (tertiary/aromatic N) is 1. The highest BCUT2D eigenvalue weighted by Crippen LogP contribution is 2.06. The summed E-state index contributed by atoms with van der Waals surface area (Å²) in [5, 5.41) is 3.39. The van der Waals surface area contributed by atoms with Crippen molar-refractivity contribution in [3.05, 3.63) is 29.0 Å². The van der Waals surface area contributed by atoms with Gasteiger partial charge in [-0.15, -0.1) is 0 Å². The van der Waals surface area contributed by atoms with Crippen LogP contribution in [0.3, 0.4) is 0 Å². The van der Waals surface area contributed by atoms with Crippen LogP contribution in [0.4, 0.5) is 0 Å². The average molecular weight is 367 g/mol. The van der Waals surface area contributed by atoms with E-state index < -0.39 is 0 Å². The van der Waals surface area contributed by atoms with Crippen LogP contribution in [0, 0.1) is 0 Å². The molecule has 0 aliphatic carbocycles. The molecule has 1 amide bonds. The Morgan fingerprint density at radius 2 is 2.06 bits per heavy atom. The third kappa shape index (κ3) is 6.21. The number of amides is 1. The summed E-state index contributed by atoms with van der Waals surface area (Å²) < 4.78 is 1.21. The molecule has 1 rings (SSSR count). The molecule has 1 aromatic rings. The van der Waals surface area contributed by atoms with Crippen LogP contribution < -0.4 is 5.32 Å². The standard InChI is InChI=1S/C12H16ClIN2O/c13-10-5-6-11(16-9-10)12(17)15-8-4-2-1-3-7-14/h5-6,9H,1-4,7-8H2,(H,15,17). The summed E-state index contributed by atoms with van der Waals surface area (Å²) in [5.41, 5.74) is 0.418. The summed E-state index contributed by atoms with van der Waals surface area (Å²) >= 11 is 8.08. The second-order valence-corrected chi connectivity index (χ2v) is 5.24. The quantitative estimate of drug-likeness (QED) is 0.456. The number of pyridine rings is 1. The molecule has 1 aromatic heterocycles. The van der Waals surface area contributed by atoms with Gasteiger partial charge in [-0.3, -0.25) is 4.79 Å². The van der Waals surface area contributed by atoms with Gasteiger partial charge >= 0.3 is 0 Å². The molecule has 0 saturated heterocycles. The lowest BCUT2D eigenvalue weighted by Crippen LogP contribution is -2.25. The second-order valence-electron chi connectivity index (χ2n) is 3.72. The smallest absolute Gasteiger partial charge is 0.269 e. The second kappa shape index (κ2) is 8.69. The van der Waals surface area contributed by atoms with Gasteiger partial charge in [-0.1, -0.05) is 47.0 Å². The third-order valence-corrected chi connectivity index (χ3v) is 3.29. The summed E-state index contributed by atoms with van der Waals surface area (Å²) in [4.78, 5) is 15.6. The Kier molecular flexibility index (Phi) is 7.51. The molecule has 0 aliphatic rings. The van der Waals surface area contributed by atoms with Gasteiger partial charge in [0.25, 0.3) is 5.91 Å². The number of rotatable bonds is 7. The number of hydrogen-bond acceptors (Lipinski definition) is 2. The molecule has 3 nitrogen and oxygen atoms in total. The van der Waals surface area contributed by atoms with Gasteiger partial charge in [0.1, 0.15) is 5.69 Å². The summed E-state index contributed by atoms with van der Waals surface area (Å²) in [6, 6.07) is 3.30. The molecule has 0 aromatic carbocycles. The maximum atomic E-state index is 11.6. The van der Waals surface area contributed by atoms with E-state index >= 15 is 0 Å². The van der Waals surface area contributed by atoms with Crippen molar-refractivity contribution in [1.29, 1.82) is 0 Å². The first-order valence-electron chi connectivity index (χ1n) is 5.70. The molecule has 0 spiro atoms. The molecule has 0 radical (unpaired) electrons. The number of nitrogens with one attached hydrogen (secondary N) is 1. The number of halogens is 2. The topological polar surface area (TPSA) is 42.0 Å². The van der Waals surface area contributed by atoms with Crippen LogP contribution >= 0.6 is 34.2 Å². The highest BCUT2D eigenvalue weighted by atomic mass is 127. The maximum Gasteiger partial charge on any atom is 0.269 e. The van der Waals surface area contributed by atoms with E-state index in [9.17, 15) is 4.79 Å². The van der Waals surface area contributed by atoms with E-state index in [0.717, 1.165) is 12.8 Å². The molecular weight excluding hydrogens is 351 g/mol. The van der Waals surface area contributed by atoms with Crippen molar-refractivity contribution in [3.63, 3.8) is 0 Å². The lowest BCUT2D eigenvalue weighted by atomic mass is 10.2. The fraction of sp³-hybridized carbons (Fsp3) is 0.500. The first-order valence-corrected chi connectivity index (χ1v) is 7.60. The Balaban J connectivity index is 2.19. The summed E-state index contributed by atoms with van der Waals surface area (Å²) in [5.74, 6) is -0.129. The van der Waals surface area contributed by atoms with E-state index in [-0.39, 0.29) is 5.91 Å². The summed E-state index contributed by atoms with van der Waals surface area (Å²) in [6.07, 6.45) is 6.16. The molecule has 5 heteroatoms. The van der Waals surface area contributed by atoms with Crippen molar-refractivity contribution >= 4 is 40.1 Å². The molecule has 0 saturated carbocycles. The number of unbranched alkanes of at least 4 members (excludes halogenated alkanes) is 3. The zero-order valence-corrected chi connectivity index (χ0v) is 12.5. The van der Waals surface area contributed by atoms with Crippen molar-refractivity contribution in [2.24, 2.45) is 0 Å². The van der Waals surface area contributed by atoms with E-state index in [1.54, 1.807) is 12.1 Å². The Morgan fingerprint density at radius 1 is 1.29 bits per heavy atom. The van der Waals surface area contributed by atoms with Crippen molar-refractivity contribution in [3.8, 4) is 0 Å². The molecule has 0 aliphatic heterocycles. The van der Waals surface area contributed by atoms with Gasteiger partial charge in [0.05, 0.1) is 5.02 Å². The van der Waals surface area contributed by atoms with Crippen LogP contribution in [0.2, 0.25) is 5.02 Å². The van der Waals surface area contributed by atoms with Gasteiger partial charge in [-0.2, -0.15) is 0 Å². The van der Waals surface area contributed by atoms with E-state index in [1.165, 1.54) is 23.5 Å². The third-order valence-electron chi connectivity index (χ3n) is 2.31. The lowest BCUT2D eigenvalue weighted by Gasteiger charge is -2.04. The summed E-state index contributed by atoms with van der Waals surface area (Å²) in [6.45, 7) is 0.713. The Labute approximate surface area is 120 Å². The van der Waals surface area contributed by atoms with E-state index in [4.69, 9.17) is 11.6 Å². The van der Waals surface area contributed by atoms with Gasteiger partial charge in [-0.05, 0) is 29.4 Å². The Bertz CT molecular complexity index is 343. The minimum Gasteiger partial charge on any atom is -0.351 e. The van der Waals surface area contributed by atoms with Crippen LogP contribution in [0.15, 0.2) is 18.3 Å². The van der Waals surface area contributed by atoms with Crippen LogP contribution in [-0.2, 0) is 0 Å². The van der Waals surface area contributed by atoms with Gasteiger partial charge in [0.15, 0.2) is 0 Å². The molecule has 94 valence electrons. The van der Waals surface area contributed by atoms with Crippen LogP contribution in [0.25, 0.3) is 0 Å². The summed E-state index contributed by atoms with van der Waals surface area (Å²) in [7, 11) is 0. The fourth-order valence-electron chi connectivity index (χ4n) is 1.38. The molecular formula is C12H16ClIN2O. The van der Waals surface area contributed by atoms with Crippen LogP contribution in [0.1, 0.15) is 36.2 Å². The number of aromatic nitrogens is 1. The Morgan fingerprint density at radius 3 is 2.71 bits per heavy atom. The predicted octanol–water partition coefficient (Wildman–Crippen LogP) is 3.46. The molecule has 0 unspecified atom stereocenters. The van der Waals surface area contributed by atoms with E-state index in [2.05, 4.69) is 32.9 Å². The maximum absolute atomic E-state index is 11.6. The molecule has 17 heavy (non-hydrogen) atoms. The minimum atomic E-state index is -0.129. The van der Waals surface area contributed by atoms with Gasteiger partial charge in [-0.25, -0.2) is 4.98 Å². The molecule has 1 N–H and O–H groups in total. The van der Waals surface area contributed by atoms with Crippen molar-refractivity contribution < 1.29 is 4.79 Å². The zero-order chi connectivity index (χ0) is 12.5. The number of carbonyl (C=O) groups excluding carboxylic acids is 1. The number of alkyl halides is 1. The van der Waals surface area contributed by atoms with Gasteiger partial charge in [0.2, 0.25) is 0 Å². The molecule has 0 bridgehead atoms. The fourth-order valence-corrected chi connectivity index (χ4v) is 2.03. The van der Waals surface area contributed by atoms with Gasteiger partial charge < -0.3 is 5.32 Å². The van der Waals surface area contributed by atoms with Crippen LogP contribution in [-0.4, -0.2) is 21.9 Å². The minimum absolute atomic E-state index is 0.129. The SMILES string of the molecule is O=C(NCCCCCCI)c1ccc(Cl)cn1. The monoisotopic (exact) mass is 366 g/mol. The predicted molar refractivity (Wildman–Crippen MR) is 78.9 cm³/mol. The molecule has 1 heterocycles. The van der Waals surface area contributed by atoms with Gasteiger partial charge in [0, 0.05) is 12.7 Å².